The minimum absolute atomic E-state index is 0.200. The van der Waals surface area contributed by atoms with Crippen LogP contribution in [-0.2, 0) is 14.8 Å². The first-order valence-electron chi connectivity index (χ1n) is 4.77. The van der Waals surface area contributed by atoms with Crippen molar-refractivity contribution in [2.24, 2.45) is 0 Å². The fourth-order valence-corrected chi connectivity index (χ4v) is 1.60. The summed E-state index contributed by atoms with van der Waals surface area (Å²) in [6.45, 7) is 4.03. The summed E-state index contributed by atoms with van der Waals surface area (Å²) in [7, 11) is 0. The van der Waals surface area contributed by atoms with E-state index in [1.165, 1.54) is 19.7 Å². The first-order valence-corrected chi connectivity index (χ1v) is 13.8. The third-order valence-corrected chi connectivity index (χ3v) is 2.26. The summed E-state index contributed by atoms with van der Waals surface area (Å²) in [5.41, 5.74) is 1.01. The predicted octanol–water partition coefficient (Wildman–Crippen LogP) is 2.39. The van der Waals surface area contributed by atoms with E-state index in [1.54, 1.807) is 24.3 Å². The Kier molecular flexibility index (Phi) is 5.55. The van der Waals surface area contributed by atoms with E-state index in [1.807, 2.05) is 0 Å². The summed E-state index contributed by atoms with van der Waals surface area (Å²) >= 11 is 3.62. The number of benzene rings is 1. The van der Waals surface area contributed by atoms with Gasteiger partial charge in [0.25, 0.3) is 11.8 Å². The van der Waals surface area contributed by atoms with Crippen molar-refractivity contribution >= 4 is 31.6 Å². The molecule has 0 spiro atoms. The predicted molar refractivity (Wildman–Crippen MR) is 65.8 cm³/mol. The molecule has 0 aliphatic carbocycles. The number of fused-ring (bicyclic) bond motifs is 1. The molecule has 5 heteroatoms. The first-order chi connectivity index (χ1) is 7.75. The topological polar surface area (TPSA) is 37.4 Å². The van der Waals surface area contributed by atoms with Gasteiger partial charge in [-0.15, -0.1) is 0 Å². The third kappa shape index (κ3) is 2.51. The van der Waals surface area contributed by atoms with E-state index in [2.05, 4.69) is 26.7 Å². The van der Waals surface area contributed by atoms with E-state index in [9.17, 15) is 9.59 Å². The molecule has 1 aliphatic rings. The van der Waals surface area contributed by atoms with Crippen molar-refractivity contribution < 1.29 is 24.4 Å². The zero-order valence-corrected chi connectivity index (χ0v) is 13.9. The Morgan fingerprint density at radius 3 is 1.94 bits per heavy atom. The second-order valence-corrected chi connectivity index (χ2v) is 3.16. The van der Waals surface area contributed by atoms with E-state index >= 15 is 0 Å². The molecule has 16 heavy (non-hydrogen) atoms. The van der Waals surface area contributed by atoms with E-state index in [0.717, 1.165) is 0 Å². The average Bonchev–Trinajstić information content (AvgIpc) is 2.58. The molecule has 3 nitrogen and oxygen atoms in total. The maximum absolute atomic E-state index is 11.7. The quantitative estimate of drug-likeness (QED) is 0.342. The molecule has 80 valence electrons. The van der Waals surface area contributed by atoms with Crippen molar-refractivity contribution in [1.29, 1.82) is 0 Å². The fraction of sp³-hybridized carbons (Fsp3) is 0.182. The number of hydrogen-bond acceptors (Lipinski definition) is 2. The molecule has 2 amide bonds. The number of carbonyl (C=O) groups excluding carboxylic acids is 2. The zero-order chi connectivity index (χ0) is 12.1. The maximum atomic E-state index is 11.7. The molecule has 0 unspecified atom stereocenters. The Labute approximate surface area is 115 Å². The van der Waals surface area contributed by atoms with Crippen LogP contribution in [0.25, 0.3) is 0 Å². The Morgan fingerprint density at radius 1 is 1.12 bits per heavy atom. The van der Waals surface area contributed by atoms with E-state index in [-0.39, 0.29) is 11.8 Å². The van der Waals surface area contributed by atoms with Crippen LogP contribution in [0.4, 0.5) is 0 Å². The van der Waals surface area contributed by atoms with E-state index < -0.39 is 0 Å². The van der Waals surface area contributed by atoms with E-state index in [4.69, 9.17) is 0 Å². The molecule has 0 atom stereocenters. The number of imide groups is 1. The minimum atomic E-state index is -0.200. The molecule has 0 saturated carbocycles. The van der Waals surface area contributed by atoms with Crippen LogP contribution in [0.1, 0.15) is 27.1 Å². The number of rotatable bonds is 2. The van der Waals surface area contributed by atoms with Crippen molar-refractivity contribution in [2.45, 2.75) is 6.42 Å². The molecule has 1 heterocycles. The second kappa shape index (κ2) is 6.45. The van der Waals surface area contributed by atoms with Gasteiger partial charge in [-0.05, 0) is 12.1 Å². The molecule has 1 aromatic rings. The van der Waals surface area contributed by atoms with Gasteiger partial charge in [0.2, 0.25) is 0 Å². The van der Waals surface area contributed by atoms with Crippen molar-refractivity contribution in [2.75, 3.05) is 6.54 Å². The first kappa shape index (κ1) is 13.8. The van der Waals surface area contributed by atoms with E-state index in [0.29, 0.717) is 24.1 Å². The SMILES string of the molecule is [CH2-]CCN1C(=O)c2ccccc2C1=O.[Zn+][I]. The van der Waals surface area contributed by atoms with Crippen LogP contribution in [0.3, 0.4) is 0 Å². The normalized spacial score (nSPS) is 13.4. The molecular formula is C11H10INO2Zn. The molecule has 0 bridgehead atoms. The molecular weight excluding hydrogens is 370 g/mol. The van der Waals surface area contributed by atoms with Gasteiger partial charge in [-0.1, -0.05) is 12.1 Å². The summed E-state index contributed by atoms with van der Waals surface area (Å²) in [6, 6.07) is 6.88. The number of hydrogen-bond donors (Lipinski definition) is 0. The second-order valence-electron chi connectivity index (χ2n) is 3.16. The Hall–Kier alpha value is -0.287. The zero-order valence-electron chi connectivity index (χ0n) is 8.78. The molecule has 0 radical (unpaired) electrons. The van der Waals surface area contributed by atoms with Gasteiger partial charge < -0.3 is 6.92 Å². The molecule has 2 rings (SSSR count). The van der Waals surface area contributed by atoms with Crippen molar-refractivity contribution in [3.63, 3.8) is 0 Å². The fourth-order valence-electron chi connectivity index (χ4n) is 1.60. The number of nitrogens with zero attached hydrogens (tertiary/aromatic N) is 1. The van der Waals surface area contributed by atoms with Crippen LogP contribution in [0, 0.1) is 6.92 Å². The van der Waals surface area contributed by atoms with Crippen LogP contribution in [0.5, 0.6) is 0 Å². The van der Waals surface area contributed by atoms with Crippen LogP contribution >= 0.6 is 19.8 Å². The third-order valence-electron chi connectivity index (χ3n) is 2.26. The molecule has 0 aromatic heterocycles. The molecule has 1 aliphatic heterocycles. The molecule has 0 fully saturated rings. The number of carbonyl (C=O) groups is 2. The summed E-state index contributed by atoms with van der Waals surface area (Å²) in [4.78, 5) is 24.6. The summed E-state index contributed by atoms with van der Waals surface area (Å²) in [6.07, 6.45) is 0.547. The van der Waals surface area contributed by atoms with Gasteiger partial charge in [0.05, 0.1) is 11.1 Å². The van der Waals surface area contributed by atoms with Crippen LogP contribution in [-0.4, -0.2) is 23.3 Å². The van der Waals surface area contributed by atoms with Gasteiger partial charge >= 0.3 is 34.5 Å². The van der Waals surface area contributed by atoms with Crippen molar-refractivity contribution in [1.82, 2.24) is 4.90 Å². The van der Waals surface area contributed by atoms with Gasteiger partial charge in [-0.25, -0.2) is 0 Å². The van der Waals surface area contributed by atoms with Gasteiger partial charge in [-0.2, -0.15) is 6.42 Å². The van der Waals surface area contributed by atoms with Crippen LogP contribution < -0.4 is 0 Å². The number of halogens is 1. The molecule has 1 aromatic carbocycles. The Bertz CT molecular complexity index is 374. The Balaban J connectivity index is 0.000000606. The van der Waals surface area contributed by atoms with Gasteiger partial charge in [0, 0.05) is 6.54 Å². The standard InChI is InChI=1S/C11H10NO2.HI.Zn/c1-2-7-12-10(13)8-5-3-4-6-9(8)11(12)14;;/h3-6H,1-2,7H2;1H;/q-1;;+2/p-1. The van der Waals surface area contributed by atoms with Gasteiger partial charge in [0.1, 0.15) is 0 Å². The summed E-state index contributed by atoms with van der Waals surface area (Å²) < 4.78 is 0. The number of amides is 2. The average molecular weight is 380 g/mol. The summed E-state index contributed by atoms with van der Waals surface area (Å²) in [5, 5.41) is 0. The van der Waals surface area contributed by atoms with Crippen molar-refractivity contribution in [3.05, 3.63) is 42.3 Å². The van der Waals surface area contributed by atoms with Crippen LogP contribution in [0.2, 0.25) is 0 Å². The van der Waals surface area contributed by atoms with Gasteiger partial charge in [-0.3, -0.25) is 14.5 Å². The monoisotopic (exact) mass is 379 g/mol. The molecule has 0 saturated heterocycles. The summed E-state index contributed by atoms with van der Waals surface area (Å²) in [5.74, 6) is -0.400. The van der Waals surface area contributed by atoms with Crippen molar-refractivity contribution in [3.8, 4) is 0 Å². The molecule has 0 N–H and O–H groups in total. The van der Waals surface area contributed by atoms with Crippen LogP contribution in [0.15, 0.2) is 24.3 Å². The Morgan fingerprint density at radius 2 is 1.56 bits per heavy atom. The van der Waals surface area contributed by atoms with Gasteiger partial charge in [0.15, 0.2) is 0 Å².